The number of para-hydroxylation sites is 1. The number of aromatic nitrogens is 1. The average Bonchev–Trinajstić information content (AvgIpc) is 3.03. The third-order valence-electron chi connectivity index (χ3n) is 5.23. The lowest BCUT2D eigenvalue weighted by molar-refractivity contribution is 0.254. The molecule has 2 aromatic carbocycles. The van der Waals surface area contributed by atoms with Crippen molar-refractivity contribution in [2.24, 2.45) is 0 Å². The fourth-order valence-corrected chi connectivity index (χ4v) is 5.33. The van der Waals surface area contributed by atoms with Crippen LogP contribution in [0.5, 0.6) is 0 Å². The Hall–Kier alpha value is -2.18. The van der Waals surface area contributed by atoms with Gasteiger partial charge in [-0.15, -0.1) is 0 Å². The first kappa shape index (κ1) is 17.2. The Morgan fingerprint density at radius 2 is 1.69 bits per heavy atom. The molecule has 0 saturated carbocycles. The monoisotopic (exact) mass is 372 g/mol. The molecule has 1 N–H and O–H groups in total. The van der Waals surface area contributed by atoms with Crippen LogP contribution in [0.15, 0.2) is 58.5 Å². The molecule has 1 aliphatic rings. The lowest BCUT2D eigenvalue weighted by Gasteiger charge is -2.29. The van der Waals surface area contributed by atoms with Gasteiger partial charge in [0.05, 0.1) is 4.90 Å². The number of hydrogen-bond donors (Lipinski definition) is 1. The molecule has 0 amide bonds. The van der Waals surface area contributed by atoms with Crippen molar-refractivity contribution in [2.75, 3.05) is 20.1 Å². The van der Waals surface area contributed by atoms with Gasteiger partial charge >= 0.3 is 0 Å². The highest BCUT2D eigenvalue weighted by Gasteiger charge is 2.31. The number of benzene rings is 2. The minimum absolute atomic E-state index is 0.111. The fraction of sp³-hybridized carbons (Fsp3) is 0.300. The molecule has 1 aliphatic heterocycles. The van der Waals surface area contributed by atoms with Crippen LogP contribution in [-0.4, -0.2) is 38.4 Å². The van der Waals surface area contributed by atoms with Crippen molar-refractivity contribution in [1.29, 1.82) is 0 Å². The lowest BCUT2D eigenvalue weighted by atomic mass is 9.89. The maximum absolute atomic E-state index is 13.3. The average molecular weight is 372 g/mol. The number of H-pyrrole nitrogens is 1. The number of likely N-dealkylation sites (tertiary alicyclic amines) is 1. The van der Waals surface area contributed by atoms with Crippen molar-refractivity contribution in [1.82, 2.24) is 9.88 Å². The SMILES string of the molecule is CN1CCC(c2c(S(=O)(=O)c3ccc(F)cc3)[nH]c3ccccc23)CC1. The highest BCUT2D eigenvalue weighted by atomic mass is 32.2. The fourth-order valence-electron chi connectivity index (χ4n) is 3.79. The van der Waals surface area contributed by atoms with Gasteiger partial charge in [-0.2, -0.15) is 0 Å². The van der Waals surface area contributed by atoms with Gasteiger partial charge in [-0.05, 0) is 69.2 Å². The molecule has 0 unspecified atom stereocenters. The first-order valence-electron chi connectivity index (χ1n) is 8.76. The van der Waals surface area contributed by atoms with Crippen molar-refractivity contribution in [3.63, 3.8) is 0 Å². The molecule has 4 nitrogen and oxygen atoms in total. The smallest absolute Gasteiger partial charge is 0.222 e. The van der Waals surface area contributed by atoms with Gasteiger partial charge in [0.2, 0.25) is 9.84 Å². The summed E-state index contributed by atoms with van der Waals surface area (Å²) in [4.78, 5) is 5.50. The maximum atomic E-state index is 13.3. The second-order valence-electron chi connectivity index (χ2n) is 6.95. The van der Waals surface area contributed by atoms with Gasteiger partial charge in [-0.1, -0.05) is 18.2 Å². The molecule has 136 valence electrons. The predicted molar refractivity (Wildman–Crippen MR) is 99.6 cm³/mol. The van der Waals surface area contributed by atoms with Crippen molar-refractivity contribution in [2.45, 2.75) is 28.7 Å². The first-order valence-corrected chi connectivity index (χ1v) is 10.2. The number of halogens is 1. The molecule has 3 aromatic rings. The Morgan fingerprint density at radius 3 is 2.38 bits per heavy atom. The number of piperidine rings is 1. The van der Waals surface area contributed by atoms with Crippen molar-refractivity contribution < 1.29 is 12.8 Å². The van der Waals surface area contributed by atoms with Crippen LogP contribution < -0.4 is 0 Å². The van der Waals surface area contributed by atoms with E-state index in [0.717, 1.165) is 42.4 Å². The minimum Gasteiger partial charge on any atom is -0.345 e. The maximum Gasteiger partial charge on any atom is 0.222 e. The molecule has 6 heteroatoms. The zero-order valence-corrected chi connectivity index (χ0v) is 15.4. The van der Waals surface area contributed by atoms with Gasteiger partial charge in [0, 0.05) is 16.5 Å². The van der Waals surface area contributed by atoms with E-state index >= 15 is 0 Å². The van der Waals surface area contributed by atoms with Crippen LogP contribution in [0.2, 0.25) is 0 Å². The van der Waals surface area contributed by atoms with Crippen LogP contribution in [0.25, 0.3) is 10.9 Å². The molecule has 0 aliphatic carbocycles. The Labute approximate surface area is 152 Å². The third-order valence-corrected chi connectivity index (χ3v) is 6.98. The molecular weight excluding hydrogens is 351 g/mol. The van der Waals surface area contributed by atoms with E-state index in [9.17, 15) is 12.8 Å². The number of nitrogens with zero attached hydrogens (tertiary/aromatic N) is 1. The number of nitrogens with one attached hydrogen (secondary N) is 1. The number of hydrogen-bond acceptors (Lipinski definition) is 3. The summed E-state index contributed by atoms with van der Waals surface area (Å²) in [6.45, 7) is 1.89. The Morgan fingerprint density at radius 1 is 1.04 bits per heavy atom. The summed E-state index contributed by atoms with van der Waals surface area (Å²) in [6.07, 6.45) is 1.84. The van der Waals surface area contributed by atoms with Crippen LogP contribution in [-0.2, 0) is 9.84 Å². The molecular formula is C20H21FN2O2S. The van der Waals surface area contributed by atoms with E-state index in [1.165, 1.54) is 24.3 Å². The summed E-state index contributed by atoms with van der Waals surface area (Å²) in [5, 5.41) is 1.21. The Balaban J connectivity index is 1.89. The highest BCUT2D eigenvalue weighted by molar-refractivity contribution is 7.91. The first-order chi connectivity index (χ1) is 12.5. The van der Waals surface area contributed by atoms with E-state index in [0.29, 0.717) is 0 Å². The van der Waals surface area contributed by atoms with E-state index in [4.69, 9.17) is 0 Å². The quantitative estimate of drug-likeness (QED) is 0.709. The van der Waals surface area contributed by atoms with Gasteiger partial charge in [0.1, 0.15) is 10.8 Å². The molecule has 0 radical (unpaired) electrons. The van der Waals surface area contributed by atoms with Crippen LogP contribution in [0.3, 0.4) is 0 Å². The van der Waals surface area contributed by atoms with E-state index < -0.39 is 15.7 Å². The van der Waals surface area contributed by atoms with Gasteiger partial charge in [0.15, 0.2) is 0 Å². The third kappa shape index (κ3) is 2.93. The van der Waals surface area contributed by atoms with Crippen LogP contribution in [0, 0.1) is 5.82 Å². The predicted octanol–water partition coefficient (Wildman–Crippen LogP) is 3.95. The summed E-state index contributed by atoms with van der Waals surface area (Å²) in [5.41, 5.74) is 1.69. The zero-order chi connectivity index (χ0) is 18.3. The van der Waals surface area contributed by atoms with Gasteiger partial charge < -0.3 is 9.88 Å². The van der Waals surface area contributed by atoms with Crippen molar-refractivity contribution in [3.05, 3.63) is 59.9 Å². The lowest BCUT2D eigenvalue weighted by Crippen LogP contribution is -2.29. The molecule has 0 bridgehead atoms. The summed E-state index contributed by atoms with van der Waals surface area (Å²) >= 11 is 0. The normalized spacial score (nSPS) is 17.0. The Bertz CT molecular complexity index is 1030. The molecule has 1 fully saturated rings. The molecule has 2 heterocycles. The van der Waals surface area contributed by atoms with Crippen LogP contribution >= 0.6 is 0 Å². The second-order valence-corrected chi connectivity index (χ2v) is 8.83. The summed E-state index contributed by atoms with van der Waals surface area (Å²) in [5.74, 6) is -0.260. The molecule has 4 rings (SSSR count). The summed E-state index contributed by atoms with van der Waals surface area (Å²) in [6, 6.07) is 12.7. The van der Waals surface area contributed by atoms with Crippen molar-refractivity contribution in [3.8, 4) is 0 Å². The molecule has 1 saturated heterocycles. The van der Waals surface area contributed by atoms with Gasteiger partial charge in [-0.3, -0.25) is 0 Å². The van der Waals surface area contributed by atoms with Crippen LogP contribution in [0.1, 0.15) is 24.3 Å². The number of aromatic amines is 1. The number of fused-ring (bicyclic) bond motifs is 1. The minimum atomic E-state index is -3.75. The molecule has 1 aromatic heterocycles. The van der Waals surface area contributed by atoms with Gasteiger partial charge in [0.25, 0.3) is 0 Å². The second kappa shape index (κ2) is 6.52. The van der Waals surface area contributed by atoms with E-state index in [-0.39, 0.29) is 15.8 Å². The number of sulfone groups is 1. The van der Waals surface area contributed by atoms with E-state index in [1.54, 1.807) is 0 Å². The Kier molecular flexibility index (Phi) is 4.32. The molecule has 0 atom stereocenters. The standard InChI is InChI=1S/C20H21FN2O2S/c1-23-12-10-14(11-13-23)19-17-4-2-3-5-18(17)22-20(19)26(24,25)16-8-6-15(21)7-9-16/h2-9,14,22H,10-13H2,1H3. The van der Waals surface area contributed by atoms with Gasteiger partial charge in [-0.25, -0.2) is 12.8 Å². The molecule has 26 heavy (non-hydrogen) atoms. The van der Waals surface area contributed by atoms with E-state index in [1.807, 2.05) is 24.3 Å². The zero-order valence-electron chi connectivity index (χ0n) is 14.6. The largest absolute Gasteiger partial charge is 0.345 e. The molecule has 0 spiro atoms. The van der Waals surface area contributed by atoms with Crippen molar-refractivity contribution >= 4 is 20.7 Å². The summed E-state index contributed by atoms with van der Waals surface area (Å²) in [7, 11) is -1.66. The van der Waals surface area contributed by atoms with E-state index in [2.05, 4.69) is 16.9 Å². The summed E-state index contributed by atoms with van der Waals surface area (Å²) < 4.78 is 39.8. The van der Waals surface area contributed by atoms with Crippen LogP contribution in [0.4, 0.5) is 4.39 Å². The topological polar surface area (TPSA) is 53.2 Å². The number of rotatable bonds is 3. The highest BCUT2D eigenvalue weighted by Crippen LogP contribution is 2.39.